The summed E-state index contributed by atoms with van der Waals surface area (Å²) in [5.74, 6) is -5.34. The maximum absolute atomic E-state index is 14.0. The van der Waals surface area contributed by atoms with E-state index in [1.807, 2.05) is 0 Å². The first-order valence-corrected chi connectivity index (χ1v) is 5.61. The summed E-state index contributed by atoms with van der Waals surface area (Å²) < 4.78 is 32.4. The van der Waals surface area contributed by atoms with E-state index in [0.717, 1.165) is 5.56 Å². The van der Waals surface area contributed by atoms with Crippen molar-refractivity contribution in [1.82, 2.24) is 0 Å². The molecule has 1 N–H and O–H groups in total. The molecule has 0 fully saturated rings. The summed E-state index contributed by atoms with van der Waals surface area (Å²) in [6.07, 6.45) is 0. The minimum atomic E-state index is -3.74. The Morgan fingerprint density at radius 1 is 1.39 bits per heavy atom. The molecule has 100 valence electrons. The van der Waals surface area contributed by atoms with Crippen molar-refractivity contribution in [3.05, 3.63) is 34.4 Å². The first-order chi connectivity index (χ1) is 8.34. The molecule has 0 aromatic heterocycles. The Bertz CT molecular complexity index is 456. The van der Waals surface area contributed by atoms with Crippen LogP contribution in [0.3, 0.4) is 0 Å². The van der Waals surface area contributed by atoms with Gasteiger partial charge in [-0.05, 0) is 31.9 Å². The van der Waals surface area contributed by atoms with Gasteiger partial charge in [0.25, 0.3) is 0 Å². The molecule has 18 heavy (non-hydrogen) atoms. The number of benzene rings is 1. The van der Waals surface area contributed by atoms with Crippen LogP contribution in [0.5, 0.6) is 0 Å². The summed E-state index contributed by atoms with van der Waals surface area (Å²) in [5.41, 5.74) is 0.594. The van der Waals surface area contributed by atoms with Gasteiger partial charge in [-0.1, -0.05) is 17.7 Å². The van der Waals surface area contributed by atoms with Crippen molar-refractivity contribution >= 4 is 5.97 Å². The standard InChI is InChI=1S/C13H16F2O3/c1-4-18-12(17)13(14,15)11-9(3)5-8(2)6-10(11)7-16/h5-6,16H,4,7H2,1-3H3. The number of esters is 1. The fourth-order valence-corrected chi connectivity index (χ4v) is 1.95. The van der Waals surface area contributed by atoms with E-state index in [4.69, 9.17) is 5.11 Å². The number of aliphatic hydroxyl groups is 1. The molecule has 0 saturated heterocycles. The van der Waals surface area contributed by atoms with Crippen molar-refractivity contribution in [1.29, 1.82) is 0 Å². The SMILES string of the molecule is CCOC(=O)C(F)(F)c1c(C)cc(C)cc1CO. The van der Waals surface area contributed by atoms with Crippen molar-refractivity contribution in [2.24, 2.45) is 0 Å². The number of alkyl halides is 2. The first kappa shape index (κ1) is 14.6. The molecule has 1 rings (SSSR count). The Balaban J connectivity index is 3.35. The second-order valence-electron chi connectivity index (χ2n) is 4.07. The van der Waals surface area contributed by atoms with Gasteiger partial charge in [0.1, 0.15) is 0 Å². The second kappa shape index (κ2) is 5.44. The molecule has 0 unspecified atom stereocenters. The molecule has 0 radical (unpaired) electrons. The van der Waals surface area contributed by atoms with Gasteiger partial charge in [-0.2, -0.15) is 8.78 Å². The number of halogens is 2. The number of hydrogen-bond donors (Lipinski definition) is 1. The molecule has 0 aliphatic rings. The zero-order chi connectivity index (χ0) is 13.9. The Hall–Kier alpha value is -1.49. The molecule has 1 aromatic rings. The molecular formula is C13H16F2O3. The fourth-order valence-electron chi connectivity index (χ4n) is 1.95. The van der Waals surface area contributed by atoms with Crippen LogP contribution >= 0.6 is 0 Å². The lowest BCUT2D eigenvalue weighted by atomic mass is 9.94. The largest absolute Gasteiger partial charge is 0.461 e. The molecule has 0 amide bonds. The highest BCUT2D eigenvalue weighted by Crippen LogP contribution is 2.35. The van der Waals surface area contributed by atoms with E-state index in [0.29, 0.717) is 0 Å². The molecule has 0 spiro atoms. The van der Waals surface area contributed by atoms with E-state index in [1.165, 1.54) is 19.9 Å². The van der Waals surface area contributed by atoms with Gasteiger partial charge in [0.2, 0.25) is 0 Å². The highest BCUT2D eigenvalue weighted by molar-refractivity contribution is 5.80. The van der Waals surface area contributed by atoms with Gasteiger partial charge in [0.05, 0.1) is 13.2 Å². The summed E-state index contributed by atoms with van der Waals surface area (Å²) in [6.45, 7) is 4.01. The van der Waals surface area contributed by atoms with Gasteiger partial charge in [0, 0.05) is 5.56 Å². The lowest BCUT2D eigenvalue weighted by Crippen LogP contribution is -2.30. The molecule has 0 atom stereocenters. The van der Waals surface area contributed by atoms with E-state index < -0.39 is 24.1 Å². The third-order valence-corrected chi connectivity index (χ3v) is 2.58. The Morgan fingerprint density at radius 3 is 2.50 bits per heavy atom. The summed E-state index contributed by atoms with van der Waals surface area (Å²) in [4.78, 5) is 11.3. The molecule has 0 heterocycles. The van der Waals surface area contributed by atoms with Crippen molar-refractivity contribution in [2.45, 2.75) is 33.3 Å². The Kier molecular flexibility index (Phi) is 4.40. The van der Waals surface area contributed by atoms with E-state index in [1.54, 1.807) is 13.0 Å². The molecule has 0 aliphatic heterocycles. The predicted octanol–water partition coefficient (Wildman–Crippen LogP) is 2.45. The molecule has 5 heteroatoms. The Labute approximate surface area is 104 Å². The topological polar surface area (TPSA) is 46.5 Å². The number of carbonyl (C=O) groups excluding carboxylic acids is 1. The molecule has 1 aromatic carbocycles. The Morgan fingerprint density at radius 2 is 2.00 bits per heavy atom. The average molecular weight is 258 g/mol. The van der Waals surface area contributed by atoms with Gasteiger partial charge in [-0.3, -0.25) is 0 Å². The molecule has 3 nitrogen and oxygen atoms in total. The summed E-state index contributed by atoms with van der Waals surface area (Å²) >= 11 is 0. The van der Waals surface area contributed by atoms with Crippen LogP contribution < -0.4 is 0 Å². The van der Waals surface area contributed by atoms with E-state index >= 15 is 0 Å². The van der Waals surface area contributed by atoms with E-state index in [-0.39, 0.29) is 17.7 Å². The third-order valence-electron chi connectivity index (χ3n) is 2.58. The van der Waals surface area contributed by atoms with E-state index in [9.17, 15) is 13.6 Å². The van der Waals surface area contributed by atoms with Crippen LogP contribution in [-0.4, -0.2) is 17.7 Å². The van der Waals surface area contributed by atoms with Crippen molar-refractivity contribution in [3.8, 4) is 0 Å². The van der Waals surface area contributed by atoms with Gasteiger partial charge >= 0.3 is 11.9 Å². The zero-order valence-corrected chi connectivity index (χ0v) is 10.6. The van der Waals surface area contributed by atoms with Crippen LogP contribution in [0, 0.1) is 13.8 Å². The smallest absolute Gasteiger partial charge is 0.382 e. The quantitative estimate of drug-likeness (QED) is 0.844. The predicted molar refractivity (Wildman–Crippen MR) is 62.4 cm³/mol. The number of ether oxygens (including phenoxy) is 1. The molecular weight excluding hydrogens is 242 g/mol. The highest BCUT2D eigenvalue weighted by Gasteiger charge is 2.45. The van der Waals surface area contributed by atoms with Gasteiger partial charge in [-0.15, -0.1) is 0 Å². The number of aryl methyl sites for hydroxylation is 2. The van der Waals surface area contributed by atoms with Gasteiger partial charge in [0.15, 0.2) is 0 Å². The maximum Gasteiger partial charge on any atom is 0.382 e. The van der Waals surface area contributed by atoms with Crippen molar-refractivity contribution in [2.75, 3.05) is 6.61 Å². The molecule has 0 aliphatic carbocycles. The zero-order valence-electron chi connectivity index (χ0n) is 10.6. The summed E-state index contributed by atoms with van der Waals surface area (Å²) in [5, 5.41) is 9.16. The van der Waals surface area contributed by atoms with Crippen LogP contribution in [0.4, 0.5) is 8.78 Å². The average Bonchev–Trinajstić information content (AvgIpc) is 2.27. The number of aliphatic hydroxyl groups excluding tert-OH is 1. The van der Waals surface area contributed by atoms with Crippen LogP contribution in [0.25, 0.3) is 0 Å². The van der Waals surface area contributed by atoms with Crippen LogP contribution in [0.15, 0.2) is 12.1 Å². The second-order valence-corrected chi connectivity index (χ2v) is 4.07. The summed E-state index contributed by atoms with van der Waals surface area (Å²) in [6, 6.07) is 2.98. The number of hydrogen-bond acceptors (Lipinski definition) is 3. The first-order valence-electron chi connectivity index (χ1n) is 5.61. The van der Waals surface area contributed by atoms with E-state index in [2.05, 4.69) is 4.74 Å². The lowest BCUT2D eigenvalue weighted by Gasteiger charge is -2.20. The van der Waals surface area contributed by atoms with Gasteiger partial charge < -0.3 is 9.84 Å². The van der Waals surface area contributed by atoms with Crippen LogP contribution in [0.1, 0.15) is 29.2 Å². The highest BCUT2D eigenvalue weighted by atomic mass is 19.3. The van der Waals surface area contributed by atoms with Crippen molar-refractivity contribution in [3.63, 3.8) is 0 Å². The fraction of sp³-hybridized carbons (Fsp3) is 0.462. The summed E-state index contributed by atoms with van der Waals surface area (Å²) in [7, 11) is 0. The molecule has 0 bridgehead atoms. The number of rotatable bonds is 4. The normalized spacial score (nSPS) is 11.4. The minimum Gasteiger partial charge on any atom is -0.461 e. The minimum absolute atomic E-state index is 0.0468. The van der Waals surface area contributed by atoms with Crippen molar-refractivity contribution < 1.29 is 23.4 Å². The number of carbonyl (C=O) groups is 1. The van der Waals surface area contributed by atoms with Crippen LogP contribution in [-0.2, 0) is 22.1 Å². The molecule has 0 saturated carbocycles. The third kappa shape index (κ3) is 2.67. The maximum atomic E-state index is 14.0. The van der Waals surface area contributed by atoms with Gasteiger partial charge in [-0.25, -0.2) is 4.79 Å². The lowest BCUT2D eigenvalue weighted by molar-refractivity contribution is -0.173. The van der Waals surface area contributed by atoms with Crippen LogP contribution in [0.2, 0.25) is 0 Å². The monoisotopic (exact) mass is 258 g/mol.